The number of hydrogen-bond acceptors (Lipinski definition) is 6. The average Bonchev–Trinajstić information content (AvgIpc) is 3.04. The summed E-state index contributed by atoms with van der Waals surface area (Å²) in [7, 11) is -3.55. The van der Waals surface area contributed by atoms with Crippen LogP contribution in [0.15, 0.2) is 47.5 Å². The summed E-state index contributed by atoms with van der Waals surface area (Å²) >= 11 is 0. The first-order chi connectivity index (χ1) is 14.5. The number of sulfonamides is 1. The van der Waals surface area contributed by atoms with Crippen LogP contribution in [-0.4, -0.2) is 45.6 Å². The Kier molecular flexibility index (Phi) is 7.29. The van der Waals surface area contributed by atoms with Crippen molar-refractivity contribution in [1.29, 1.82) is 5.26 Å². The van der Waals surface area contributed by atoms with Gasteiger partial charge in [0, 0.05) is 44.1 Å². The van der Waals surface area contributed by atoms with E-state index in [4.69, 9.17) is 5.26 Å². The van der Waals surface area contributed by atoms with E-state index in [1.807, 2.05) is 38.1 Å². The summed E-state index contributed by atoms with van der Waals surface area (Å²) in [6, 6.07) is 13.2. The molecule has 1 fully saturated rings. The van der Waals surface area contributed by atoms with Crippen LogP contribution in [0.5, 0.6) is 0 Å². The maximum atomic E-state index is 12.6. The molecule has 8 heteroatoms. The number of benzene rings is 1. The SMILES string of the molecule is CCC(CC)NS(=O)(=O)c1ccc(N2CCCN(c3ccc(C#N)cc3)CC2)nc1. The summed E-state index contributed by atoms with van der Waals surface area (Å²) in [5, 5.41) is 8.96. The van der Waals surface area contributed by atoms with Crippen molar-refractivity contribution in [2.24, 2.45) is 0 Å². The molecule has 1 saturated heterocycles. The molecule has 7 nitrogen and oxygen atoms in total. The van der Waals surface area contributed by atoms with E-state index in [-0.39, 0.29) is 10.9 Å². The van der Waals surface area contributed by atoms with E-state index in [9.17, 15) is 8.42 Å². The Labute approximate surface area is 179 Å². The van der Waals surface area contributed by atoms with Gasteiger partial charge >= 0.3 is 0 Å². The Morgan fingerprint density at radius 1 is 1.03 bits per heavy atom. The number of pyridine rings is 1. The van der Waals surface area contributed by atoms with Gasteiger partial charge in [0.05, 0.1) is 11.6 Å². The molecule has 0 aliphatic carbocycles. The van der Waals surface area contributed by atoms with Crippen LogP contribution in [0.4, 0.5) is 11.5 Å². The predicted octanol–water partition coefficient (Wildman–Crippen LogP) is 3.14. The third kappa shape index (κ3) is 5.29. The number of aromatic nitrogens is 1. The lowest BCUT2D eigenvalue weighted by molar-refractivity contribution is 0.530. The molecule has 30 heavy (non-hydrogen) atoms. The third-order valence-corrected chi connectivity index (χ3v) is 7.03. The summed E-state index contributed by atoms with van der Waals surface area (Å²) in [5.41, 5.74) is 1.77. The molecule has 1 aliphatic heterocycles. The summed E-state index contributed by atoms with van der Waals surface area (Å²) in [4.78, 5) is 9.14. The van der Waals surface area contributed by atoms with Crippen LogP contribution < -0.4 is 14.5 Å². The lowest BCUT2D eigenvalue weighted by Gasteiger charge is -2.24. The van der Waals surface area contributed by atoms with Gasteiger partial charge in [-0.3, -0.25) is 0 Å². The molecule has 0 bridgehead atoms. The highest BCUT2D eigenvalue weighted by Crippen LogP contribution is 2.21. The molecule has 0 spiro atoms. The lowest BCUT2D eigenvalue weighted by atomic mass is 10.2. The van der Waals surface area contributed by atoms with Crippen LogP contribution in [0.3, 0.4) is 0 Å². The van der Waals surface area contributed by atoms with Gasteiger partial charge in [0.15, 0.2) is 0 Å². The van der Waals surface area contributed by atoms with E-state index in [2.05, 4.69) is 25.6 Å². The van der Waals surface area contributed by atoms with Gasteiger partial charge in [-0.1, -0.05) is 13.8 Å². The van der Waals surface area contributed by atoms with Crippen molar-refractivity contribution in [3.63, 3.8) is 0 Å². The standard InChI is InChI=1S/C22H29N5O2S/c1-3-19(4-2)25-30(28,29)21-10-11-22(24-17-21)27-13-5-12-26(14-15-27)20-8-6-18(16-23)7-9-20/h6-11,17,19,25H,3-5,12-15H2,1-2H3. The van der Waals surface area contributed by atoms with Gasteiger partial charge in [-0.2, -0.15) is 5.26 Å². The van der Waals surface area contributed by atoms with Gasteiger partial charge in [0.1, 0.15) is 10.7 Å². The largest absolute Gasteiger partial charge is 0.370 e. The van der Waals surface area contributed by atoms with Gasteiger partial charge < -0.3 is 9.80 Å². The molecule has 0 atom stereocenters. The molecule has 1 aromatic heterocycles. The minimum Gasteiger partial charge on any atom is -0.370 e. The second-order valence-electron chi connectivity index (χ2n) is 7.47. The molecular formula is C22H29N5O2S. The maximum Gasteiger partial charge on any atom is 0.242 e. The van der Waals surface area contributed by atoms with Crippen molar-refractivity contribution in [1.82, 2.24) is 9.71 Å². The van der Waals surface area contributed by atoms with Crippen LogP contribution in [0.2, 0.25) is 0 Å². The highest BCUT2D eigenvalue weighted by Gasteiger charge is 2.20. The summed E-state index contributed by atoms with van der Waals surface area (Å²) < 4.78 is 27.9. The zero-order valence-electron chi connectivity index (χ0n) is 17.6. The Balaban J connectivity index is 1.66. The molecule has 0 saturated carbocycles. The van der Waals surface area contributed by atoms with Crippen LogP contribution in [0.25, 0.3) is 0 Å². The van der Waals surface area contributed by atoms with Crippen molar-refractivity contribution in [2.45, 2.75) is 44.0 Å². The molecule has 3 rings (SSSR count). The van der Waals surface area contributed by atoms with Gasteiger partial charge in [0.2, 0.25) is 10.0 Å². The Morgan fingerprint density at radius 3 is 2.30 bits per heavy atom. The molecule has 1 N–H and O–H groups in total. The number of nitriles is 1. The van der Waals surface area contributed by atoms with E-state index >= 15 is 0 Å². The van der Waals surface area contributed by atoms with Gasteiger partial charge in [-0.05, 0) is 55.7 Å². The van der Waals surface area contributed by atoms with Gasteiger partial charge in [-0.15, -0.1) is 0 Å². The lowest BCUT2D eigenvalue weighted by Crippen LogP contribution is -2.34. The number of nitrogens with zero attached hydrogens (tertiary/aromatic N) is 4. The van der Waals surface area contributed by atoms with E-state index in [1.165, 1.54) is 6.20 Å². The monoisotopic (exact) mass is 427 g/mol. The smallest absolute Gasteiger partial charge is 0.242 e. The highest BCUT2D eigenvalue weighted by molar-refractivity contribution is 7.89. The first-order valence-electron chi connectivity index (χ1n) is 10.4. The maximum absolute atomic E-state index is 12.6. The molecule has 0 radical (unpaired) electrons. The molecule has 1 aliphatic rings. The Bertz CT molecular complexity index is 964. The van der Waals surface area contributed by atoms with Crippen molar-refractivity contribution in [2.75, 3.05) is 36.0 Å². The van der Waals surface area contributed by atoms with Gasteiger partial charge in [-0.25, -0.2) is 18.1 Å². The van der Waals surface area contributed by atoms with Crippen molar-refractivity contribution >= 4 is 21.5 Å². The summed E-state index contributed by atoms with van der Waals surface area (Å²) in [6.07, 6.45) is 3.93. The fourth-order valence-electron chi connectivity index (χ4n) is 3.61. The van der Waals surface area contributed by atoms with Crippen LogP contribution in [0, 0.1) is 11.3 Å². The quantitative estimate of drug-likeness (QED) is 0.730. The molecule has 2 aromatic rings. The Hall–Kier alpha value is -2.63. The Morgan fingerprint density at radius 2 is 1.70 bits per heavy atom. The number of anilines is 2. The van der Waals surface area contributed by atoms with Gasteiger partial charge in [0.25, 0.3) is 0 Å². The first-order valence-corrected chi connectivity index (χ1v) is 11.9. The van der Waals surface area contributed by atoms with E-state index in [0.29, 0.717) is 5.56 Å². The fraction of sp³-hybridized carbons (Fsp3) is 0.455. The first kappa shape index (κ1) is 22.1. The van der Waals surface area contributed by atoms with E-state index in [1.54, 1.807) is 12.1 Å². The molecule has 2 heterocycles. The minimum absolute atomic E-state index is 0.0616. The van der Waals surface area contributed by atoms with Crippen molar-refractivity contribution in [3.05, 3.63) is 48.2 Å². The van der Waals surface area contributed by atoms with Crippen LogP contribution in [-0.2, 0) is 10.0 Å². The molecule has 1 aromatic carbocycles. The predicted molar refractivity (Wildman–Crippen MR) is 119 cm³/mol. The summed E-state index contributed by atoms with van der Waals surface area (Å²) in [6.45, 7) is 7.36. The fourth-order valence-corrected chi connectivity index (χ4v) is 4.96. The molecule has 160 valence electrons. The zero-order chi connectivity index (χ0) is 21.6. The van der Waals surface area contributed by atoms with E-state index in [0.717, 1.165) is 56.9 Å². The summed E-state index contributed by atoms with van der Waals surface area (Å²) in [5.74, 6) is 0.790. The normalized spacial score (nSPS) is 15.1. The van der Waals surface area contributed by atoms with Crippen LogP contribution >= 0.6 is 0 Å². The zero-order valence-corrected chi connectivity index (χ0v) is 18.4. The molecule has 0 amide bonds. The number of nitrogens with one attached hydrogen (secondary N) is 1. The second-order valence-corrected chi connectivity index (χ2v) is 9.19. The third-order valence-electron chi connectivity index (χ3n) is 5.52. The number of rotatable bonds is 7. The average molecular weight is 428 g/mol. The topological polar surface area (TPSA) is 89.3 Å². The van der Waals surface area contributed by atoms with Crippen molar-refractivity contribution < 1.29 is 8.42 Å². The minimum atomic E-state index is -3.55. The number of hydrogen-bond donors (Lipinski definition) is 1. The second kappa shape index (κ2) is 9.92. The van der Waals surface area contributed by atoms with E-state index < -0.39 is 10.0 Å². The molecule has 0 unspecified atom stereocenters. The highest BCUT2D eigenvalue weighted by atomic mass is 32.2. The van der Waals surface area contributed by atoms with Crippen molar-refractivity contribution in [3.8, 4) is 6.07 Å². The van der Waals surface area contributed by atoms with Crippen LogP contribution in [0.1, 0.15) is 38.7 Å². The molecular weight excluding hydrogens is 398 g/mol.